The van der Waals surface area contributed by atoms with Crippen molar-refractivity contribution in [1.29, 1.82) is 0 Å². The van der Waals surface area contributed by atoms with Crippen LogP contribution in [0.4, 0.5) is 20.2 Å². The second-order valence-corrected chi connectivity index (χ2v) is 6.08. The number of nitrogens with two attached hydrogens (primary N) is 1. The first-order chi connectivity index (χ1) is 11.2. The molecule has 0 aliphatic heterocycles. The molecule has 0 aliphatic rings. The van der Waals surface area contributed by atoms with Crippen LogP contribution in [0.25, 0.3) is 0 Å². The summed E-state index contributed by atoms with van der Waals surface area (Å²) in [5.74, 6) is -1.62. The molecule has 0 bridgehead atoms. The predicted octanol–water partition coefficient (Wildman–Crippen LogP) is 1.97. The highest BCUT2D eigenvalue weighted by Crippen LogP contribution is 2.27. The fourth-order valence-corrected chi connectivity index (χ4v) is 2.25. The summed E-state index contributed by atoms with van der Waals surface area (Å²) in [5, 5.41) is 19.5. The topological polar surface area (TPSA) is 128 Å². The molecule has 11 heteroatoms. The van der Waals surface area contributed by atoms with E-state index >= 15 is 0 Å². The van der Waals surface area contributed by atoms with Crippen LogP contribution in [0.3, 0.4) is 0 Å². The number of hydrogen-bond acceptors (Lipinski definition) is 6. The molecule has 0 atom stereocenters. The molecule has 2 aromatic rings. The van der Waals surface area contributed by atoms with Crippen LogP contribution in [0.2, 0.25) is 0 Å². The van der Waals surface area contributed by atoms with Gasteiger partial charge in [-0.2, -0.15) is 5.10 Å². The molecule has 0 unspecified atom stereocenters. The molecule has 0 saturated carbocycles. The molecule has 0 aromatic heterocycles. The Hall–Kier alpha value is -2.92. The number of rotatable bonds is 5. The zero-order valence-electron chi connectivity index (χ0n) is 11.8. The van der Waals surface area contributed by atoms with Crippen molar-refractivity contribution in [1.82, 2.24) is 0 Å². The Kier molecular flexibility index (Phi) is 4.85. The van der Waals surface area contributed by atoms with Gasteiger partial charge in [0.05, 0.1) is 16.0 Å². The average Bonchev–Trinajstić information content (AvgIpc) is 2.48. The number of hydrazone groups is 1. The monoisotopic (exact) mass is 356 g/mol. The highest BCUT2D eigenvalue weighted by Gasteiger charge is 2.18. The van der Waals surface area contributed by atoms with E-state index in [1.165, 1.54) is 0 Å². The third-order valence-corrected chi connectivity index (χ3v) is 3.76. The Morgan fingerprint density at radius 2 is 1.92 bits per heavy atom. The van der Waals surface area contributed by atoms with Gasteiger partial charge in [-0.25, -0.2) is 22.3 Å². The van der Waals surface area contributed by atoms with Crippen LogP contribution in [0, 0.1) is 21.7 Å². The number of sulfonamides is 1. The predicted molar refractivity (Wildman–Crippen MR) is 82.0 cm³/mol. The number of halogens is 2. The zero-order valence-corrected chi connectivity index (χ0v) is 12.6. The quantitative estimate of drug-likeness (QED) is 0.481. The van der Waals surface area contributed by atoms with E-state index in [9.17, 15) is 27.3 Å². The summed E-state index contributed by atoms with van der Waals surface area (Å²) in [6.07, 6.45) is 0.992. The van der Waals surface area contributed by atoms with Gasteiger partial charge in [0.2, 0.25) is 10.0 Å². The minimum absolute atomic E-state index is 0.0484. The maximum absolute atomic E-state index is 13.4. The van der Waals surface area contributed by atoms with E-state index in [4.69, 9.17) is 5.14 Å². The Morgan fingerprint density at radius 3 is 2.50 bits per heavy atom. The highest BCUT2D eigenvalue weighted by molar-refractivity contribution is 7.89. The van der Waals surface area contributed by atoms with Crippen molar-refractivity contribution < 1.29 is 22.1 Å². The van der Waals surface area contributed by atoms with Gasteiger partial charge in [0.15, 0.2) is 0 Å². The van der Waals surface area contributed by atoms with Gasteiger partial charge in [-0.05, 0) is 24.3 Å². The second kappa shape index (κ2) is 6.68. The third kappa shape index (κ3) is 4.08. The van der Waals surface area contributed by atoms with Gasteiger partial charge in [0.1, 0.15) is 17.3 Å². The molecule has 3 N–H and O–H groups in total. The summed E-state index contributed by atoms with van der Waals surface area (Å²) in [6, 6.07) is 5.73. The third-order valence-electron chi connectivity index (χ3n) is 2.85. The number of nitrogens with zero attached hydrogens (tertiary/aromatic N) is 2. The lowest BCUT2D eigenvalue weighted by atomic mass is 10.2. The van der Waals surface area contributed by atoms with Crippen molar-refractivity contribution in [3.63, 3.8) is 0 Å². The average molecular weight is 356 g/mol. The summed E-state index contributed by atoms with van der Waals surface area (Å²) in [4.78, 5) is 9.74. The van der Waals surface area contributed by atoms with Crippen LogP contribution in [0.15, 0.2) is 46.4 Å². The van der Waals surface area contributed by atoms with Crippen molar-refractivity contribution in [2.75, 3.05) is 5.43 Å². The van der Waals surface area contributed by atoms with E-state index in [1.54, 1.807) is 0 Å². The fourth-order valence-electron chi connectivity index (χ4n) is 1.71. The van der Waals surface area contributed by atoms with Crippen LogP contribution in [-0.2, 0) is 10.0 Å². The molecule has 8 nitrogen and oxygen atoms in total. The Balaban J connectivity index is 2.29. The minimum atomic E-state index is -4.10. The molecule has 2 aromatic carbocycles. The lowest BCUT2D eigenvalue weighted by Gasteiger charge is -2.04. The number of hydrogen-bond donors (Lipinski definition) is 2. The van der Waals surface area contributed by atoms with E-state index in [0.29, 0.717) is 6.07 Å². The van der Waals surface area contributed by atoms with Crippen molar-refractivity contribution in [2.24, 2.45) is 10.2 Å². The number of nitro groups is 1. The molecule has 126 valence electrons. The molecule has 24 heavy (non-hydrogen) atoms. The van der Waals surface area contributed by atoms with E-state index in [-0.39, 0.29) is 11.3 Å². The van der Waals surface area contributed by atoms with Crippen LogP contribution in [0.1, 0.15) is 5.56 Å². The normalized spacial score (nSPS) is 11.6. The van der Waals surface area contributed by atoms with Gasteiger partial charge in [-0.15, -0.1) is 0 Å². The van der Waals surface area contributed by atoms with E-state index < -0.39 is 37.2 Å². The lowest BCUT2D eigenvalue weighted by molar-refractivity contribution is -0.384. The number of primary sulfonamides is 1. The molecular weight excluding hydrogens is 346 g/mol. The molecule has 0 amide bonds. The standard InChI is InChI=1S/C13H10F2N4O4S/c14-9-2-1-8(11(15)5-9)7-17-18-12-4-3-10(24(16,22)23)6-13(12)19(20)21/h1-7,18H,(H2,16,22,23). The van der Waals surface area contributed by atoms with Gasteiger partial charge in [-0.1, -0.05) is 0 Å². The molecule has 0 fully saturated rings. The SMILES string of the molecule is NS(=O)(=O)c1ccc(NN=Cc2ccc(F)cc2F)c([N+](=O)[O-])c1. The molecule has 0 saturated heterocycles. The first-order valence-corrected chi connectivity index (χ1v) is 7.78. The smallest absolute Gasteiger partial charge is 0.272 e. The number of nitro benzene ring substituents is 1. The van der Waals surface area contributed by atoms with Gasteiger partial charge >= 0.3 is 0 Å². The molecule has 2 rings (SSSR count). The second-order valence-electron chi connectivity index (χ2n) is 4.52. The number of nitrogens with one attached hydrogen (secondary N) is 1. The van der Waals surface area contributed by atoms with Crippen LogP contribution in [0.5, 0.6) is 0 Å². The first-order valence-electron chi connectivity index (χ1n) is 6.24. The van der Waals surface area contributed by atoms with Gasteiger partial charge < -0.3 is 0 Å². The van der Waals surface area contributed by atoms with Crippen LogP contribution in [-0.4, -0.2) is 19.6 Å². The largest absolute Gasteiger partial charge is 0.295 e. The first kappa shape index (κ1) is 17.4. The van der Waals surface area contributed by atoms with Gasteiger partial charge in [0, 0.05) is 17.7 Å². The molecule has 0 spiro atoms. The van der Waals surface area contributed by atoms with Gasteiger partial charge in [0.25, 0.3) is 5.69 Å². The molecular formula is C13H10F2N4O4S. The summed E-state index contributed by atoms with van der Waals surface area (Å²) in [7, 11) is -4.10. The number of anilines is 1. The van der Waals surface area contributed by atoms with E-state index in [2.05, 4.69) is 10.5 Å². The van der Waals surface area contributed by atoms with E-state index in [0.717, 1.165) is 36.5 Å². The van der Waals surface area contributed by atoms with Gasteiger partial charge in [-0.3, -0.25) is 15.5 Å². The van der Waals surface area contributed by atoms with Crippen LogP contribution < -0.4 is 10.6 Å². The van der Waals surface area contributed by atoms with Crippen molar-refractivity contribution in [2.45, 2.75) is 4.90 Å². The van der Waals surface area contributed by atoms with E-state index in [1.807, 2.05) is 0 Å². The summed E-state index contributed by atoms with van der Waals surface area (Å²) >= 11 is 0. The zero-order chi connectivity index (χ0) is 17.9. The Bertz CT molecular complexity index is 932. The lowest BCUT2D eigenvalue weighted by Crippen LogP contribution is -2.12. The summed E-state index contributed by atoms with van der Waals surface area (Å²) < 4.78 is 48.6. The van der Waals surface area contributed by atoms with Crippen molar-refractivity contribution >= 4 is 27.6 Å². The molecule has 0 radical (unpaired) electrons. The summed E-state index contributed by atoms with van der Waals surface area (Å²) in [5.41, 5.74) is 1.53. The molecule has 0 heterocycles. The molecule has 0 aliphatic carbocycles. The summed E-state index contributed by atoms with van der Waals surface area (Å²) in [6.45, 7) is 0. The van der Waals surface area contributed by atoms with Crippen molar-refractivity contribution in [3.05, 3.63) is 63.7 Å². The fraction of sp³-hybridized carbons (Fsp3) is 0. The maximum Gasteiger partial charge on any atom is 0.295 e. The van der Waals surface area contributed by atoms with Crippen LogP contribution >= 0.6 is 0 Å². The maximum atomic E-state index is 13.4. The highest BCUT2D eigenvalue weighted by atomic mass is 32.2. The minimum Gasteiger partial charge on any atom is -0.272 e. The Morgan fingerprint density at radius 1 is 1.21 bits per heavy atom. The number of benzene rings is 2. The Labute approximate surface area is 134 Å². The van der Waals surface area contributed by atoms with Crippen molar-refractivity contribution in [3.8, 4) is 0 Å².